The molecule has 1 rings (SSSR count). The summed E-state index contributed by atoms with van der Waals surface area (Å²) >= 11 is 0. The van der Waals surface area contributed by atoms with Crippen molar-refractivity contribution in [2.75, 3.05) is 0 Å². The third-order valence-corrected chi connectivity index (χ3v) is 2.73. The smallest absolute Gasteiger partial charge is 0.172 e. The van der Waals surface area contributed by atoms with Gasteiger partial charge < -0.3 is 4.89 Å². The molecule has 0 aliphatic rings. The maximum Gasteiger partial charge on any atom is 0.172 e. The van der Waals surface area contributed by atoms with Gasteiger partial charge in [0.15, 0.2) is 5.75 Å². The Kier molecular flexibility index (Phi) is 5.39. The highest BCUT2D eigenvalue weighted by atomic mass is 17.5. The van der Waals surface area contributed by atoms with E-state index in [0.29, 0.717) is 11.8 Å². The molecule has 0 N–H and O–H groups in total. The van der Waals surface area contributed by atoms with Gasteiger partial charge in [-0.15, -0.1) is 0 Å². The highest BCUT2D eigenvalue weighted by Gasteiger charge is 2.15. The molecular weight excluding hydrogens is 240 g/mol. The van der Waals surface area contributed by atoms with E-state index in [1.54, 1.807) is 0 Å². The standard InChI is InChI=1S/C16H26O3/c1-11(2)13-8-9-14(12(3)4)15(10-13)17-19-18-16(5,6)7/h8-12H,1-7H3. The van der Waals surface area contributed by atoms with Crippen LogP contribution in [0.15, 0.2) is 18.2 Å². The predicted octanol–water partition coefficient (Wildman–Crippen LogP) is 4.97. The molecule has 0 amide bonds. The molecule has 0 bridgehead atoms. The lowest BCUT2D eigenvalue weighted by Gasteiger charge is -2.18. The van der Waals surface area contributed by atoms with Gasteiger partial charge in [0.2, 0.25) is 0 Å². The van der Waals surface area contributed by atoms with Gasteiger partial charge in [-0.1, -0.05) is 39.8 Å². The van der Waals surface area contributed by atoms with Gasteiger partial charge in [0.25, 0.3) is 0 Å². The molecule has 1 aromatic rings. The number of rotatable bonds is 5. The van der Waals surface area contributed by atoms with Gasteiger partial charge in [-0.3, -0.25) is 0 Å². The average molecular weight is 266 g/mol. The van der Waals surface area contributed by atoms with Crippen molar-refractivity contribution >= 4 is 0 Å². The molecule has 0 heterocycles. The molecule has 0 radical (unpaired) electrons. The summed E-state index contributed by atoms with van der Waals surface area (Å²) in [6, 6.07) is 6.25. The first-order valence-electron chi connectivity index (χ1n) is 6.87. The molecule has 0 saturated heterocycles. The maximum atomic E-state index is 5.34. The predicted molar refractivity (Wildman–Crippen MR) is 77.2 cm³/mol. The zero-order valence-corrected chi connectivity index (χ0v) is 13.1. The molecule has 0 unspecified atom stereocenters. The minimum absolute atomic E-state index is 0.370. The fourth-order valence-electron chi connectivity index (χ4n) is 1.61. The molecule has 0 fully saturated rings. The Bertz CT molecular complexity index is 403. The lowest BCUT2D eigenvalue weighted by atomic mass is 9.96. The Morgan fingerprint density at radius 3 is 2.05 bits per heavy atom. The van der Waals surface area contributed by atoms with E-state index in [4.69, 9.17) is 14.8 Å². The maximum absolute atomic E-state index is 5.34. The van der Waals surface area contributed by atoms with Gasteiger partial charge in [-0.2, -0.15) is 4.89 Å². The Hall–Kier alpha value is -1.06. The van der Waals surface area contributed by atoms with E-state index in [2.05, 4.69) is 39.8 Å². The molecule has 0 atom stereocenters. The SMILES string of the molecule is CC(C)c1ccc(C(C)C)c(OOOC(C)(C)C)c1. The van der Waals surface area contributed by atoms with Crippen LogP contribution in [-0.4, -0.2) is 5.60 Å². The van der Waals surface area contributed by atoms with Crippen molar-refractivity contribution in [3.8, 4) is 5.75 Å². The van der Waals surface area contributed by atoms with E-state index in [9.17, 15) is 0 Å². The van der Waals surface area contributed by atoms with E-state index in [1.807, 2.05) is 26.8 Å². The van der Waals surface area contributed by atoms with Gasteiger partial charge in [-0.05, 0) is 49.3 Å². The molecule has 19 heavy (non-hydrogen) atoms. The van der Waals surface area contributed by atoms with Crippen LogP contribution in [0.1, 0.15) is 71.4 Å². The van der Waals surface area contributed by atoms with Crippen LogP contribution >= 0.6 is 0 Å². The summed E-state index contributed by atoms with van der Waals surface area (Å²) in [5.74, 6) is 1.55. The lowest BCUT2D eigenvalue weighted by molar-refractivity contribution is -0.497. The molecule has 0 aliphatic heterocycles. The Morgan fingerprint density at radius 2 is 1.58 bits per heavy atom. The zero-order valence-electron chi connectivity index (χ0n) is 13.1. The van der Waals surface area contributed by atoms with Crippen molar-refractivity contribution in [1.29, 1.82) is 0 Å². The molecule has 3 nitrogen and oxygen atoms in total. The highest BCUT2D eigenvalue weighted by Crippen LogP contribution is 2.30. The van der Waals surface area contributed by atoms with Crippen LogP contribution in [0.5, 0.6) is 5.75 Å². The summed E-state index contributed by atoms with van der Waals surface area (Å²) in [5, 5.41) is 4.91. The van der Waals surface area contributed by atoms with Crippen LogP contribution in [-0.2, 0) is 9.93 Å². The molecule has 108 valence electrons. The minimum Gasteiger partial charge on any atom is -0.308 e. The van der Waals surface area contributed by atoms with E-state index in [1.165, 1.54) is 5.56 Å². The van der Waals surface area contributed by atoms with Crippen LogP contribution in [0.4, 0.5) is 0 Å². The summed E-state index contributed by atoms with van der Waals surface area (Å²) in [4.78, 5) is 10.5. The van der Waals surface area contributed by atoms with Crippen molar-refractivity contribution in [3.05, 3.63) is 29.3 Å². The third kappa shape index (κ3) is 5.21. The van der Waals surface area contributed by atoms with Crippen LogP contribution < -0.4 is 4.89 Å². The van der Waals surface area contributed by atoms with Crippen molar-refractivity contribution in [2.45, 2.75) is 65.9 Å². The monoisotopic (exact) mass is 266 g/mol. The first-order valence-corrected chi connectivity index (χ1v) is 6.87. The summed E-state index contributed by atoms with van der Waals surface area (Å²) in [6.07, 6.45) is 0. The summed E-state index contributed by atoms with van der Waals surface area (Å²) in [6.45, 7) is 14.3. The fourth-order valence-corrected chi connectivity index (χ4v) is 1.61. The molecule has 0 saturated carbocycles. The fraction of sp³-hybridized carbons (Fsp3) is 0.625. The van der Waals surface area contributed by atoms with E-state index < -0.39 is 5.60 Å². The van der Waals surface area contributed by atoms with Crippen molar-refractivity contribution in [3.63, 3.8) is 0 Å². The van der Waals surface area contributed by atoms with Gasteiger partial charge in [0.05, 0.1) is 5.60 Å². The quantitative estimate of drug-likeness (QED) is 0.556. The summed E-state index contributed by atoms with van der Waals surface area (Å²) in [5.41, 5.74) is 1.94. The largest absolute Gasteiger partial charge is 0.308 e. The molecular formula is C16H26O3. The zero-order chi connectivity index (χ0) is 14.6. The first-order chi connectivity index (χ1) is 8.70. The van der Waals surface area contributed by atoms with E-state index in [0.717, 1.165) is 11.3 Å². The van der Waals surface area contributed by atoms with Crippen LogP contribution in [0.3, 0.4) is 0 Å². The van der Waals surface area contributed by atoms with Gasteiger partial charge in [-0.25, -0.2) is 0 Å². The number of hydrogen-bond donors (Lipinski definition) is 0. The Balaban J connectivity index is 2.86. The van der Waals surface area contributed by atoms with Crippen LogP contribution in [0, 0.1) is 0 Å². The first kappa shape index (κ1) is 16.0. The average Bonchev–Trinajstić information content (AvgIpc) is 2.26. The topological polar surface area (TPSA) is 27.7 Å². The highest BCUT2D eigenvalue weighted by molar-refractivity contribution is 5.40. The number of benzene rings is 1. The molecule has 0 aromatic heterocycles. The number of hydrogen-bond acceptors (Lipinski definition) is 3. The van der Waals surface area contributed by atoms with E-state index >= 15 is 0 Å². The van der Waals surface area contributed by atoms with Gasteiger partial charge in [0.1, 0.15) is 0 Å². The van der Waals surface area contributed by atoms with Crippen molar-refractivity contribution in [1.82, 2.24) is 0 Å². The second-order valence-electron chi connectivity index (χ2n) is 6.45. The van der Waals surface area contributed by atoms with Crippen molar-refractivity contribution in [2.24, 2.45) is 0 Å². The van der Waals surface area contributed by atoms with Gasteiger partial charge in [0, 0.05) is 5.56 Å². The molecule has 3 heteroatoms. The lowest BCUT2D eigenvalue weighted by Crippen LogP contribution is -2.20. The molecule has 1 aromatic carbocycles. The molecule has 0 spiro atoms. The minimum atomic E-state index is -0.395. The van der Waals surface area contributed by atoms with Gasteiger partial charge >= 0.3 is 0 Å². The van der Waals surface area contributed by atoms with Crippen molar-refractivity contribution < 1.29 is 14.8 Å². The van der Waals surface area contributed by atoms with Crippen LogP contribution in [0.2, 0.25) is 0 Å². The summed E-state index contributed by atoms with van der Waals surface area (Å²) in [7, 11) is 0. The van der Waals surface area contributed by atoms with Crippen LogP contribution in [0.25, 0.3) is 0 Å². The Morgan fingerprint density at radius 1 is 0.947 bits per heavy atom. The molecule has 0 aliphatic carbocycles. The normalized spacial score (nSPS) is 12.3. The summed E-state index contributed by atoms with van der Waals surface area (Å²) < 4.78 is 0. The van der Waals surface area contributed by atoms with E-state index in [-0.39, 0.29) is 0 Å². The Labute approximate surface area is 116 Å². The second kappa shape index (κ2) is 6.40. The third-order valence-electron chi connectivity index (χ3n) is 2.73. The second-order valence-corrected chi connectivity index (χ2v) is 6.45.